The molecule has 1 saturated heterocycles. The highest BCUT2D eigenvalue weighted by molar-refractivity contribution is 9.11. The highest BCUT2D eigenvalue weighted by Crippen LogP contribution is 2.28. The number of rotatable bonds is 8. The van der Waals surface area contributed by atoms with Gasteiger partial charge in [0.25, 0.3) is 10.0 Å². The summed E-state index contributed by atoms with van der Waals surface area (Å²) in [4.78, 5) is 13.7. The van der Waals surface area contributed by atoms with Gasteiger partial charge < -0.3 is 4.90 Å². The Morgan fingerprint density at radius 1 is 1.12 bits per heavy atom. The van der Waals surface area contributed by atoms with Crippen LogP contribution < -0.4 is 0 Å². The van der Waals surface area contributed by atoms with Gasteiger partial charge in [-0.15, -0.1) is 11.3 Å². The minimum atomic E-state index is -3.57. The van der Waals surface area contributed by atoms with Crippen LogP contribution >= 0.6 is 27.3 Å². The molecule has 1 fully saturated rings. The Hall–Kier alpha value is -0.490. The fourth-order valence-corrected chi connectivity index (χ4v) is 7.60. The van der Waals surface area contributed by atoms with Gasteiger partial charge in [-0.25, -0.2) is 16.8 Å². The number of hydrogen-bond acceptors (Lipinski definition) is 6. The molecule has 1 aromatic rings. The normalized spacial score (nSPS) is 16.8. The van der Waals surface area contributed by atoms with Crippen LogP contribution in [-0.4, -0.2) is 69.6 Å². The molecule has 0 aromatic carbocycles. The second-order valence-corrected chi connectivity index (χ2v) is 13.0. The molecule has 0 aliphatic carbocycles. The molecular formula is C15H23BrN2O5S3. The summed E-state index contributed by atoms with van der Waals surface area (Å²) in [5, 5.41) is 0. The first-order valence-electron chi connectivity index (χ1n) is 8.39. The van der Waals surface area contributed by atoms with Crippen molar-refractivity contribution in [2.75, 3.05) is 37.7 Å². The fourth-order valence-electron chi connectivity index (χ4n) is 2.66. The van der Waals surface area contributed by atoms with E-state index in [1.807, 2.05) is 6.92 Å². The van der Waals surface area contributed by atoms with E-state index >= 15 is 0 Å². The molecule has 0 atom stereocenters. The Morgan fingerprint density at radius 3 is 2.31 bits per heavy atom. The van der Waals surface area contributed by atoms with Crippen molar-refractivity contribution in [3.05, 3.63) is 15.9 Å². The number of amides is 1. The second-order valence-electron chi connectivity index (χ2n) is 6.14. The van der Waals surface area contributed by atoms with Crippen LogP contribution in [0.15, 0.2) is 20.1 Å². The standard InChI is InChI=1S/C15H23BrN2O5S3/c1-2-3-4-11-25(20,21)12-14(19)17-7-9-18(10-8-17)26(22,23)15-6-5-13(16)24-15/h5-6H,2-4,7-12H2,1H3. The van der Waals surface area contributed by atoms with Gasteiger partial charge in [0.05, 0.1) is 9.54 Å². The molecule has 0 N–H and O–H groups in total. The number of carbonyl (C=O) groups excluding carboxylic acids is 1. The van der Waals surface area contributed by atoms with Gasteiger partial charge in [0.15, 0.2) is 9.84 Å². The average molecular weight is 487 g/mol. The molecular weight excluding hydrogens is 464 g/mol. The van der Waals surface area contributed by atoms with Gasteiger partial charge >= 0.3 is 0 Å². The summed E-state index contributed by atoms with van der Waals surface area (Å²) in [6.45, 7) is 2.73. The topological polar surface area (TPSA) is 91.8 Å². The highest BCUT2D eigenvalue weighted by atomic mass is 79.9. The summed E-state index contributed by atoms with van der Waals surface area (Å²) >= 11 is 4.39. The molecule has 0 radical (unpaired) electrons. The quantitative estimate of drug-likeness (QED) is 0.523. The molecule has 11 heteroatoms. The van der Waals surface area contributed by atoms with Crippen molar-refractivity contribution in [1.29, 1.82) is 0 Å². The summed E-state index contributed by atoms with van der Waals surface area (Å²) in [6, 6.07) is 3.23. The summed E-state index contributed by atoms with van der Waals surface area (Å²) < 4.78 is 51.5. The van der Waals surface area contributed by atoms with Crippen molar-refractivity contribution in [1.82, 2.24) is 9.21 Å². The molecule has 0 unspecified atom stereocenters. The van der Waals surface area contributed by atoms with Crippen LogP contribution in [0, 0.1) is 0 Å². The van der Waals surface area contributed by atoms with Gasteiger partial charge in [0.1, 0.15) is 9.96 Å². The number of hydrogen-bond donors (Lipinski definition) is 0. The highest BCUT2D eigenvalue weighted by Gasteiger charge is 2.32. The zero-order valence-corrected chi connectivity index (χ0v) is 18.6. The fraction of sp³-hybridized carbons (Fsp3) is 0.667. The third kappa shape index (κ3) is 5.75. The van der Waals surface area contributed by atoms with Crippen molar-refractivity contribution in [2.24, 2.45) is 0 Å². The minimum absolute atomic E-state index is 0.0220. The third-order valence-electron chi connectivity index (χ3n) is 4.14. The minimum Gasteiger partial charge on any atom is -0.339 e. The summed E-state index contributed by atoms with van der Waals surface area (Å²) in [5.74, 6) is -0.924. The van der Waals surface area contributed by atoms with E-state index < -0.39 is 31.5 Å². The molecule has 1 aliphatic heterocycles. The maximum Gasteiger partial charge on any atom is 0.252 e. The number of piperazine rings is 1. The van der Waals surface area contributed by atoms with Crippen molar-refractivity contribution in [2.45, 2.75) is 30.4 Å². The van der Waals surface area contributed by atoms with E-state index in [2.05, 4.69) is 15.9 Å². The van der Waals surface area contributed by atoms with E-state index in [4.69, 9.17) is 0 Å². The molecule has 26 heavy (non-hydrogen) atoms. The molecule has 7 nitrogen and oxygen atoms in total. The smallest absolute Gasteiger partial charge is 0.252 e. The second kappa shape index (κ2) is 9.13. The lowest BCUT2D eigenvalue weighted by molar-refractivity contribution is -0.129. The number of sulfonamides is 1. The van der Waals surface area contributed by atoms with Crippen molar-refractivity contribution >= 4 is 53.0 Å². The number of nitrogens with zero attached hydrogens (tertiary/aromatic N) is 2. The first kappa shape index (κ1) is 21.8. The largest absolute Gasteiger partial charge is 0.339 e. The van der Waals surface area contributed by atoms with Crippen LogP contribution in [0.1, 0.15) is 26.2 Å². The molecule has 148 valence electrons. The SMILES string of the molecule is CCCCCS(=O)(=O)CC(=O)N1CCN(S(=O)(=O)c2ccc(Br)s2)CC1. The lowest BCUT2D eigenvalue weighted by Gasteiger charge is -2.33. The van der Waals surface area contributed by atoms with Crippen LogP contribution in [0.5, 0.6) is 0 Å². The molecule has 1 aromatic heterocycles. The first-order valence-corrected chi connectivity index (χ1v) is 13.3. The number of halogens is 1. The van der Waals surface area contributed by atoms with E-state index in [0.29, 0.717) is 6.42 Å². The number of unbranched alkanes of at least 4 members (excludes halogenated alkanes) is 2. The van der Waals surface area contributed by atoms with Crippen LogP contribution in [0.4, 0.5) is 0 Å². The van der Waals surface area contributed by atoms with Crippen LogP contribution in [0.2, 0.25) is 0 Å². The predicted octanol–water partition coefficient (Wildman–Crippen LogP) is 1.95. The van der Waals surface area contributed by atoms with E-state index in [1.165, 1.54) is 9.21 Å². The van der Waals surface area contributed by atoms with Crippen molar-refractivity contribution in [3.63, 3.8) is 0 Å². The Labute approximate surface area is 167 Å². The van der Waals surface area contributed by atoms with Crippen molar-refractivity contribution < 1.29 is 21.6 Å². The van der Waals surface area contributed by atoms with Gasteiger partial charge in [0.2, 0.25) is 5.91 Å². The van der Waals surface area contributed by atoms with Crippen molar-refractivity contribution in [3.8, 4) is 0 Å². The van der Waals surface area contributed by atoms with Gasteiger partial charge in [-0.3, -0.25) is 4.79 Å². The average Bonchev–Trinajstić information content (AvgIpc) is 3.02. The molecule has 0 bridgehead atoms. The molecule has 1 amide bonds. The Bertz CT molecular complexity index is 827. The van der Waals surface area contributed by atoms with Crippen LogP contribution in [0.3, 0.4) is 0 Å². The maximum absolute atomic E-state index is 12.6. The maximum atomic E-state index is 12.6. The van der Waals surface area contributed by atoms with E-state index in [-0.39, 0.29) is 36.1 Å². The molecule has 0 saturated carbocycles. The van der Waals surface area contributed by atoms with E-state index in [1.54, 1.807) is 12.1 Å². The first-order chi connectivity index (χ1) is 12.2. The zero-order valence-electron chi connectivity index (χ0n) is 14.6. The van der Waals surface area contributed by atoms with E-state index in [9.17, 15) is 21.6 Å². The zero-order chi connectivity index (χ0) is 19.4. The molecule has 2 rings (SSSR count). The van der Waals surface area contributed by atoms with Crippen LogP contribution in [0.25, 0.3) is 0 Å². The Kier molecular flexibility index (Phi) is 7.66. The summed E-state index contributed by atoms with van der Waals surface area (Å²) in [6.07, 6.45) is 2.30. The number of sulfone groups is 1. The van der Waals surface area contributed by atoms with Gasteiger partial charge in [-0.1, -0.05) is 19.8 Å². The monoisotopic (exact) mass is 486 g/mol. The summed E-state index contributed by atoms with van der Waals surface area (Å²) in [7, 11) is -6.99. The molecule has 1 aliphatic rings. The lowest BCUT2D eigenvalue weighted by Crippen LogP contribution is -2.51. The van der Waals surface area contributed by atoms with Gasteiger partial charge in [-0.05, 0) is 34.5 Å². The Morgan fingerprint density at radius 2 is 1.77 bits per heavy atom. The van der Waals surface area contributed by atoms with Gasteiger partial charge in [-0.2, -0.15) is 4.31 Å². The summed E-state index contributed by atoms with van der Waals surface area (Å²) in [5.41, 5.74) is 0. The van der Waals surface area contributed by atoms with Crippen LogP contribution in [-0.2, 0) is 24.7 Å². The molecule has 2 heterocycles. The predicted molar refractivity (Wildman–Crippen MR) is 106 cm³/mol. The van der Waals surface area contributed by atoms with E-state index in [0.717, 1.165) is 28.0 Å². The third-order valence-corrected chi connectivity index (χ3v) is 9.72. The number of carbonyl (C=O) groups is 1. The number of thiophene rings is 1. The van der Waals surface area contributed by atoms with Gasteiger partial charge in [0, 0.05) is 26.2 Å². The molecule has 0 spiro atoms. The Balaban J connectivity index is 1.90. The lowest BCUT2D eigenvalue weighted by atomic mass is 10.3.